The van der Waals surface area contributed by atoms with Crippen molar-refractivity contribution in [2.75, 3.05) is 20.2 Å². The number of aryl methyl sites for hydroxylation is 3. The first-order chi connectivity index (χ1) is 13.0. The number of ether oxygens (including phenoxy) is 1. The lowest BCUT2D eigenvalue weighted by Gasteiger charge is -2.18. The summed E-state index contributed by atoms with van der Waals surface area (Å²) < 4.78 is 7.41. The molecule has 0 unspecified atom stereocenters. The molecule has 0 atom stereocenters. The molecule has 0 saturated carbocycles. The number of amides is 1. The van der Waals surface area contributed by atoms with Crippen molar-refractivity contribution < 1.29 is 9.53 Å². The second-order valence-corrected chi connectivity index (χ2v) is 6.71. The summed E-state index contributed by atoms with van der Waals surface area (Å²) in [7, 11) is 1.80. The number of benzene rings is 1. The maximum atomic E-state index is 12.5. The quantitative estimate of drug-likeness (QED) is 0.642. The summed E-state index contributed by atoms with van der Waals surface area (Å²) in [4.78, 5) is 22.7. The Hall–Kier alpha value is -2.96. The van der Waals surface area contributed by atoms with Crippen LogP contribution in [0.25, 0.3) is 5.78 Å². The molecule has 0 saturated heterocycles. The van der Waals surface area contributed by atoms with Crippen LogP contribution in [0.1, 0.15) is 28.9 Å². The lowest BCUT2D eigenvalue weighted by Crippen LogP contribution is -2.31. The maximum absolute atomic E-state index is 12.5. The molecule has 0 radical (unpaired) electrons. The predicted octanol–water partition coefficient (Wildman–Crippen LogP) is 2.52. The third-order valence-corrected chi connectivity index (χ3v) is 4.72. The summed E-state index contributed by atoms with van der Waals surface area (Å²) in [6.45, 7) is 6.98. The highest BCUT2D eigenvalue weighted by Gasteiger charge is 2.14. The van der Waals surface area contributed by atoms with Crippen molar-refractivity contribution in [2.45, 2.75) is 33.6 Å². The van der Waals surface area contributed by atoms with Crippen molar-refractivity contribution in [3.8, 4) is 5.75 Å². The van der Waals surface area contributed by atoms with Gasteiger partial charge < -0.3 is 9.64 Å². The minimum atomic E-state index is 0.0833. The van der Waals surface area contributed by atoms with Gasteiger partial charge in [-0.3, -0.25) is 4.79 Å². The van der Waals surface area contributed by atoms with E-state index < -0.39 is 0 Å². The van der Waals surface area contributed by atoms with Crippen LogP contribution in [0.5, 0.6) is 5.75 Å². The third-order valence-electron chi connectivity index (χ3n) is 4.72. The van der Waals surface area contributed by atoms with Gasteiger partial charge in [-0.2, -0.15) is 10.1 Å². The van der Waals surface area contributed by atoms with E-state index >= 15 is 0 Å². The molecule has 7 nitrogen and oxygen atoms in total. The number of rotatable bonds is 7. The molecular formula is C20H25N5O2. The Morgan fingerprint density at radius 1 is 1.19 bits per heavy atom. The van der Waals surface area contributed by atoms with Gasteiger partial charge in [-0.05, 0) is 44.9 Å². The minimum Gasteiger partial charge on any atom is -0.492 e. The molecule has 2 aromatic heterocycles. The van der Waals surface area contributed by atoms with Crippen LogP contribution in [0, 0.1) is 20.8 Å². The fourth-order valence-electron chi connectivity index (χ4n) is 3.00. The molecule has 0 N–H and O–H groups in total. The highest BCUT2D eigenvalue weighted by atomic mass is 16.5. The monoisotopic (exact) mass is 367 g/mol. The molecule has 0 aliphatic carbocycles. The first-order valence-corrected chi connectivity index (χ1v) is 9.05. The molecule has 3 rings (SSSR count). The number of carbonyl (C=O) groups excluding carboxylic acids is 1. The smallest absolute Gasteiger partial charge is 0.252 e. The predicted molar refractivity (Wildman–Crippen MR) is 103 cm³/mol. The van der Waals surface area contributed by atoms with Crippen LogP contribution in [-0.2, 0) is 11.2 Å². The van der Waals surface area contributed by atoms with Crippen LogP contribution in [0.2, 0.25) is 0 Å². The van der Waals surface area contributed by atoms with Gasteiger partial charge in [0.15, 0.2) is 0 Å². The third kappa shape index (κ3) is 4.42. The molecule has 142 valence electrons. The van der Waals surface area contributed by atoms with Crippen LogP contribution in [0.3, 0.4) is 0 Å². The molecule has 2 heterocycles. The lowest BCUT2D eigenvalue weighted by atomic mass is 10.1. The fourth-order valence-corrected chi connectivity index (χ4v) is 3.00. The average Bonchev–Trinajstić information content (AvgIpc) is 3.11. The van der Waals surface area contributed by atoms with Crippen LogP contribution in [0.15, 0.2) is 30.6 Å². The van der Waals surface area contributed by atoms with Crippen molar-refractivity contribution >= 4 is 11.7 Å². The van der Waals surface area contributed by atoms with Gasteiger partial charge in [0.05, 0.1) is 6.54 Å². The highest BCUT2D eigenvalue weighted by Crippen LogP contribution is 2.15. The van der Waals surface area contributed by atoms with Crippen molar-refractivity contribution in [1.29, 1.82) is 0 Å². The Labute approximate surface area is 159 Å². The molecule has 0 aliphatic heterocycles. The lowest BCUT2D eigenvalue weighted by molar-refractivity contribution is -0.130. The minimum absolute atomic E-state index is 0.0833. The van der Waals surface area contributed by atoms with Crippen molar-refractivity contribution in [2.24, 2.45) is 0 Å². The van der Waals surface area contributed by atoms with Crippen LogP contribution >= 0.6 is 0 Å². The Morgan fingerprint density at radius 2 is 1.93 bits per heavy atom. The van der Waals surface area contributed by atoms with Crippen LogP contribution in [-0.4, -0.2) is 50.6 Å². The maximum Gasteiger partial charge on any atom is 0.252 e. The van der Waals surface area contributed by atoms with Gasteiger partial charge in [0.1, 0.15) is 18.7 Å². The normalized spacial score (nSPS) is 11.0. The van der Waals surface area contributed by atoms with E-state index in [1.807, 2.05) is 45.0 Å². The van der Waals surface area contributed by atoms with Gasteiger partial charge in [-0.1, -0.05) is 17.7 Å². The summed E-state index contributed by atoms with van der Waals surface area (Å²) in [6.07, 6.45) is 2.54. The Bertz CT molecular complexity index is 933. The first-order valence-electron chi connectivity index (χ1n) is 9.05. The summed E-state index contributed by atoms with van der Waals surface area (Å²) in [5.74, 6) is 1.49. The molecule has 27 heavy (non-hydrogen) atoms. The summed E-state index contributed by atoms with van der Waals surface area (Å²) in [5, 5.41) is 4.19. The number of aromatic nitrogens is 4. The number of hydrogen-bond acceptors (Lipinski definition) is 5. The van der Waals surface area contributed by atoms with E-state index in [2.05, 4.69) is 15.1 Å². The average molecular weight is 367 g/mol. The molecule has 1 aromatic carbocycles. The molecule has 3 aromatic rings. The van der Waals surface area contributed by atoms with Gasteiger partial charge >= 0.3 is 0 Å². The topological polar surface area (TPSA) is 72.6 Å². The Balaban J connectivity index is 1.52. The summed E-state index contributed by atoms with van der Waals surface area (Å²) in [6, 6.07) is 7.90. The van der Waals surface area contributed by atoms with E-state index in [0.29, 0.717) is 31.8 Å². The SMILES string of the molecule is Cc1ccc(OCCN(C)C(=O)CCc2c(C)nc3ncnn3c2C)cc1. The number of carbonyl (C=O) groups is 1. The molecule has 0 bridgehead atoms. The fraction of sp³-hybridized carbons (Fsp3) is 0.400. The van der Waals surface area contributed by atoms with Gasteiger partial charge in [0.2, 0.25) is 5.91 Å². The standard InChI is InChI=1S/C20H25N5O2/c1-14-5-7-17(8-6-14)27-12-11-24(4)19(26)10-9-18-15(2)23-20-21-13-22-25(20)16(18)3/h5-8,13H,9-12H2,1-4H3. The van der Waals surface area contributed by atoms with E-state index in [9.17, 15) is 4.79 Å². The molecule has 7 heteroatoms. The number of nitrogens with zero attached hydrogens (tertiary/aromatic N) is 5. The van der Waals surface area contributed by atoms with E-state index in [4.69, 9.17) is 4.74 Å². The Morgan fingerprint density at radius 3 is 2.67 bits per heavy atom. The molecule has 0 aliphatic rings. The van der Waals surface area contributed by atoms with Gasteiger partial charge in [-0.15, -0.1) is 0 Å². The Kier molecular flexibility index (Phi) is 5.69. The highest BCUT2D eigenvalue weighted by molar-refractivity contribution is 5.76. The van der Waals surface area contributed by atoms with E-state index in [1.54, 1.807) is 16.5 Å². The zero-order valence-corrected chi connectivity index (χ0v) is 16.3. The molecule has 0 spiro atoms. The second kappa shape index (κ2) is 8.16. The number of likely N-dealkylation sites (N-methyl/N-ethyl adjacent to an activating group) is 1. The van der Waals surface area contributed by atoms with Gasteiger partial charge in [0.25, 0.3) is 5.78 Å². The van der Waals surface area contributed by atoms with Crippen molar-refractivity contribution in [1.82, 2.24) is 24.5 Å². The molecule has 0 fully saturated rings. The van der Waals surface area contributed by atoms with E-state index in [1.165, 1.54) is 11.9 Å². The largest absolute Gasteiger partial charge is 0.492 e. The van der Waals surface area contributed by atoms with Crippen LogP contribution in [0.4, 0.5) is 0 Å². The first kappa shape index (κ1) is 18.8. The summed E-state index contributed by atoms with van der Waals surface area (Å²) >= 11 is 0. The van der Waals surface area contributed by atoms with E-state index in [-0.39, 0.29) is 5.91 Å². The van der Waals surface area contributed by atoms with Crippen molar-refractivity contribution in [3.05, 3.63) is 53.1 Å². The second-order valence-electron chi connectivity index (χ2n) is 6.71. The van der Waals surface area contributed by atoms with Crippen molar-refractivity contribution in [3.63, 3.8) is 0 Å². The summed E-state index contributed by atoms with van der Waals surface area (Å²) in [5.41, 5.74) is 4.11. The van der Waals surface area contributed by atoms with Crippen LogP contribution < -0.4 is 4.74 Å². The molecular weight excluding hydrogens is 342 g/mol. The zero-order valence-electron chi connectivity index (χ0n) is 16.3. The zero-order chi connectivity index (χ0) is 19.4. The number of hydrogen-bond donors (Lipinski definition) is 0. The van der Waals surface area contributed by atoms with E-state index in [0.717, 1.165) is 22.7 Å². The molecule has 1 amide bonds. The number of fused-ring (bicyclic) bond motifs is 1. The van der Waals surface area contributed by atoms with Gasteiger partial charge in [-0.25, -0.2) is 9.50 Å². The van der Waals surface area contributed by atoms with Gasteiger partial charge in [0, 0.05) is 24.9 Å².